The van der Waals surface area contributed by atoms with Gasteiger partial charge >= 0.3 is 39.5 Å². The number of ether oxygens (including phenoxy) is 4. The molecule has 0 bridgehead atoms. The van der Waals surface area contributed by atoms with E-state index in [1.54, 1.807) is 0 Å². The minimum absolute atomic E-state index is 0.103. The van der Waals surface area contributed by atoms with Crippen LogP contribution < -0.4 is 0 Å². The van der Waals surface area contributed by atoms with Crippen molar-refractivity contribution in [3.8, 4) is 0 Å². The predicted molar refractivity (Wildman–Crippen MR) is 386 cm³/mol. The lowest BCUT2D eigenvalue weighted by Gasteiger charge is -2.21. The molecule has 95 heavy (non-hydrogen) atoms. The quantitative estimate of drug-likeness (QED) is 0.0222. The van der Waals surface area contributed by atoms with Crippen molar-refractivity contribution in [3.05, 3.63) is 0 Å². The Kier molecular flexibility index (Phi) is 64.0. The highest BCUT2D eigenvalue weighted by Gasteiger charge is 2.30. The number of carbonyl (C=O) groups is 4. The SMILES string of the molecule is CCC(C)CCCCCCCCCCCCCCCCCCCCC(=O)OC[C@H](COP(=O)(O)OC[C@@H](O)COP(=O)(O)OC[C@@H](COC(=O)CCCCCCCCC(C)CC)OC(=O)CCCCCCCCCCC(C)C)OC(=O)CCCCCCCCCCC(C)CC. The van der Waals surface area contributed by atoms with E-state index in [0.29, 0.717) is 25.7 Å². The first-order valence-corrected chi connectivity index (χ1v) is 42.3. The largest absolute Gasteiger partial charge is 0.472 e. The van der Waals surface area contributed by atoms with Crippen LogP contribution >= 0.6 is 15.6 Å². The Morgan fingerprint density at radius 3 is 0.747 bits per heavy atom. The summed E-state index contributed by atoms with van der Waals surface area (Å²) in [4.78, 5) is 72.7. The number of phosphoric acid groups is 2. The fraction of sp³-hybridized carbons (Fsp3) is 0.947. The minimum atomic E-state index is -4.96. The molecule has 0 spiro atoms. The molecule has 3 N–H and O–H groups in total. The normalized spacial score (nSPS) is 15.0. The Morgan fingerprint density at radius 1 is 0.295 bits per heavy atom. The Morgan fingerprint density at radius 2 is 0.505 bits per heavy atom. The van der Waals surface area contributed by atoms with Gasteiger partial charge in [0.05, 0.1) is 26.4 Å². The molecule has 0 saturated carbocycles. The van der Waals surface area contributed by atoms with E-state index in [1.807, 2.05) is 0 Å². The standard InChI is InChI=1S/C76H148O17P2/c1-9-67(6)53-45-37-29-22-20-18-16-14-12-13-15-17-19-21-23-31-40-48-56-73(78)86-62-71(92-76(81)59-51-43-33-27-25-30-38-46-54-68(7)10-2)64-90-94(82,83)88-60-70(77)61-89-95(84,85)91-65-72(63-87-74(79)57-49-41-35-34-39-47-55-69(8)11-3)93-75(80)58-50-42-32-26-24-28-36-44-52-66(4)5/h66-72,77H,9-65H2,1-8H3,(H,82,83)(H,84,85)/t67?,68?,69?,70-,71-,72-/m1/s1. The van der Waals surface area contributed by atoms with Gasteiger partial charge in [-0.1, -0.05) is 331 Å². The first-order valence-electron chi connectivity index (χ1n) is 39.3. The van der Waals surface area contributed by atoms with Gasteiger partial charge in [0, 0.05) is 25.7 Å². The van der Waals surface area contributed by atoms with Crippen molar-refractivity contribution in [1.29, 1.82) is 0 Å². The van der Waals surface area contributed by atoms with Gasteiger partial charge in [0.15, 0.2) is 12.2 Å². The number of hydrogen-bond donors (Lipinski definition) is 3. The Bertz CT molecular complexity index is 1870. The van der Waals surface area contributed by atoms with Crippen molar-refractivity contribution >= 4 is 39.5 Å². The van der Waals surface area contributed by atoms with Gasteiger partial charge in [0.1, 0.15) is 19.3 Å². The molecule has 0 saturated heterocycles. The van der Waals surface area contributed by atoms with Crippen LogP contribution in [0.1, 0.15) is 383 Å². The minimum Gasteiger partial charge on any atom is -0.462 e. The summed E-state index contributed by atoms with van der Waals surface area (Å²) in [6, 6.07) is 0. The number of aliphatic hydroxyl groups excluding tert-OH is 1. The van der Waals surface area contributed by atoms with E-state index in [2.05, 4.69) is 55.4 Å². The number of unbranched alkanes of at least 4 members (excludes halogenated alkanes) is 36. The summed E-state index contributed by atoms with van der Waals surface area (Å²) in [6.45, 7) is 14.2. The summed E-state index contributed by atoms with van der Waals surface area (Å²) in [6.07, 6.45) is 50.1. The van der Waals surface area contributed by atoms with E-state index in [-0.39, 0.29) is 25.7 Å². The van der Waals surface area contributed by atoms with Crippen LogP contribution in [0, 0.1) is 23.7 Å². The van der Waals surface area contributed by atoms with Crippen LogP contribution in [0.4, 0.5) is 0 Å². The van der Waals surface area contributed by atoms with Crippen LogP contribution in [0.3, 0.4) is 0 Å². The number of rotatable bonds is 73. The van der Waals surface area contributed by atoms with Gasteiger partial charge < -0.3 is 33.8 Å². The molecule has 0 heterocycles. The second-order valence-corrected chi connectivity index (χ2v) is 31.5. The zero-order valence-corrected chi connectivity index (χ0v) is 64.1. The molecular formula is C76H148O17P2. The molecule has 0 aliphatic heterocycles. The van der Waals surface area contributed by atoms with Crippen molar-refractivity contribution in [1.82, 2.24) is 0 Å². The number of aliphatic hydroxyl groups is 1. The van der Waals surface area contributed by atoms with Crippen LogP contribution in [0.2, 0.25) is 0 Å². The van der Waals surface area contributed by atoms with Gasteiger partial charge in [0.2, 0.25) is 0 Å². The third-order valence-corrected chi connectivity index (χ3v) is 20.6. The maximum atomic E-state index is 13.1. The second kappa shape index (κ2) is 65.4. The maximum Gasteiger partial charge on any atom is 0.472 e. The summed E-state index contributed by atoms with van der Waals surface area (Å²) in [5, 5.41) is 10.6. The molecule has 0 radical (unpaired) electrons. The number of esters is 4. The van der Waals surface area contributed by atoms with Gasteiger partial charge in [-0.15, -0.1) is 0 Å². The van der Waals surface area contributed by atoms with Crippen molar-refractivity contribution in [2.75, 3.05) is 39.6 Å². The Hall–Kier alpha value is -1.94. The monoisotopic (exact) mass is 1400 g/mol. The Labute approximate surface area is 581 Å². The van der Waals surface area contributed by atoms with Crippen molar-refractivity contribution in [2.45, 2.75) is 401 Å². The highest BCUT2D eigenvalue weighted by molar-refractivity contribution is 7.47. The molecule has 0 aromatic heterocycles. The molecule has 0 aromatic rings. The van der Waals surface area contributed by atoms with Crippen molar-refractivity contribution in [2.24, 2.45) is 23.7 Å². The van der Waals surface area contributed by atoms with Gasteiger partial charge in [-0.3, -0.25) is 37.3 Å². The number of hydrogen-bond acceptors (Lipinski definition) is 15. The van der Waals surface area contributed by atoms with Crippen LogP contribution in [0.25, 0.3) is 0 Å². The van der Waals surface area contributed by atoms with E-state index >= 15 is 0 Å². The van der Waals surface area contributed by atoms with E-state index in [4.69, 9.17) is 37.0 Å². The van der Waals surface area contributed by atoms with Gasteiger partial charge in [-0.2, -0.15) is 0 Å². The molecule has 8 atom stereocenters. The molecule has 564 valence electrons. The number of carbonyl (C=O) groups excluding carboxylic acids is 4. The van der Waals surface area contributed by atoms with Gasteiger partial charge in [-0.25, -0.2) is 9.13 Å². The molecule has 0 aliphatic carbocycles. The fourth-order valence-corrected chi connectivity index (χ4v) is 13.0. The van der Waals surface area contributed by atoms with Gasteiger partial charge in [-0.05, 0) is 49.4 Å². The first-order chi connectivity index (χ1) is 45.7. The van der Waals surface area contributed by atoms with Crippen molar-refractivity contribution < 1.29 is 80.2 Å². The molecule has 0 amide bonds. The smallest absolute Gasteiger partial charge is 0.462 e. The third kappa shape index (κ3) is 66.4. The maximum absolute atomic E-state index is 13.1. The zero-order valence-electron chi connectivity index (χ0n) is 62.3. The Balaban J connectivity index is 5.16. The van der Waals surface area contributed by atoms with Crippen LogP contribution in [0.15, 0.2) is 0 Å². The highest BCUT2D eigenvalue weighted by atomic mass is 31.2. The molecule has 5 unspecified atom stereocenters. The lowest BCUT2D eigenvalue weighted by atomic mass is 9.99. The topological polar surface area (TPSA) is 237 Å². The van der Waals surface area contributed by atoms with Crippen LogP contribution in [0.5, 0.6) is 0 Å². The summed E-state index contributed by atoms with van der Waals surface area (Å²) >= 11 is 0. The van der Waals surface area contributed by atoms with E-state index in [9.17, 15) is 43.2 Å². The lowest BCUT2D eigenvalue weighted by Crippen LogP contribution is -2.30. The van der Waals surface area contributed by atoms with E-state index < -0.39 is 97.5 Å². The highest BCUT2D eigenvalue weighted by Crippen LogP contribution is 2.45. The molecular weight excluding hydrogens is 1250 g/mol. The number of phosphoric ester groups is 2. The summed E-state index contributed by atoms with van der Waals surface area (Å²) < 4.78 is 68.4. The predicted octanol–water partition coefficient (Wildman–Crippen LogP) is 22.0. The molecule has 0 rings (SSSR count). The molecule has 0 aromatic carbocycles. The summed E-state index contributed by atoms with van der Waals surface area (Å²) in [7, 11) is -9.91. The summed E-state index contributed by atoms with van der Waals surface area (Å²) in [5.74, 6) is 0.966. The molecule has 0 aliphatic rings. The average molecular weight is 1400 g/mol. The van der Waals surface area contributed by atoms with Gasteiger partial charge in [0.25, 0.3) is 0 Å². The molecule has 0 fully saturated rings. The first kappa shape index (κ1) is 93.1. The molecule has 19 heteroatoms. The summed E-state index contributed by atoms with van der Waals surface area (Å²) in [5.41, 5.74) is 0. The van der Waals surface area contributed by atoms with Crippen LogP contribution in [-0.2, 0) is 65.4 Å². The van der Waals surface area contributed by atoms with E-state index in [0.717, 1.165) is 120 Å². The second-order valence-electron chi connectivity index (χ2n) is 28.6. The average Bonchev–Trinajstić information content (AvgIpc) is 1.94. The lowest BCUT2D eigenvalue weighted by molar-refractivity contribution is -0.161. The zero-order chi connectivity index (χ0) is 70.3. The third-order valence-electron chi connectivity index (χ3n) is 18.7. The fourth-order valence-electron chi connectivity index (χ4n) is 11.5. The van der Waals surface area contributed by atoms with Crippen molar-refractivity contribution in [3.63, 3.8) is 0 Å². The van der Waals surface area contributed by atoms with Crippen LogP contribution in [-0.4, -0.2) is 96.7 Å². The molecule has 17 nitrogen and oxygen atoms in total. The van der Waals surface area contributed by atoms with E-state index in [1.165, 1.54) is 180 Å².